The van der Waals surface area contributed by atoms with Crippen molar-refractivity contribution in [2.75, 3.05) is 6.61 Å². The van der Waals surface area contributed by atoms with Gasteiger partial charge in [0.25, 0.3) is 0 Å². The molecule has 1 fully saturated rings. The Labute approximate surface area is 63.2 Å². The van der Waals surface area contributed by atoms with Crippen molar-refractivity contribution in [1.82, 2.24) is 0 Å². The normalized spacial score (nSPS) is 44.2. The molecule has 3 atom stereocenters. The highest BCUT2D eigenvalue weighted by Gasteiger charge is 2.52. The van der Waals surface area contributed by atoms with Gasteiger partial charge in [0.2, 0.25) is 0 Å². The zero-order valence-corrected chi connectivity index (χ0v) is 6.02. The van der Waals surface area contributed by atoms with Crippen molar-refractivity contribution in [3.8, 4) is 0 Å². The molecule has 0 saturated carbocycles. The summed E-state index contributed by atoms with van der Waals surface area (Å²) in [6.07, 6.45) is -2.58. The molecule has 5 nitrogen and oxygen atoms in total. The van der Waals surface area contributed by atoms with E-state index in [0.29, 0.717) is 0 Å². The second-order valence-corrected chi connectivity index (χ2v) is 2.74. The predicted molar refractivity (Wildman–Crippen MR) is 33.6 cm³/mol. The van der Waals surface area contributed by atoms with Gasteiger partial charge >= 0.3 is 5.97 Å². The van der Waals surface area contributed by atoms with Crippen LogP contribution in [-0.2, 0) is 9.53 Å². The van der Waals surface area contributed by atoms with E-state index in [1.807, 2.05) is 0 Å². The Balaban J connectivity index is 2.82. The second-order valence-electron chi connectivity index (χ2n) is 2.74. The SMILES string of the molecule is C[C@]1(O)[C@@H](CO)OC(=O)[C@@H]1O. The van der Waals surface area contributed by atoms with Gasteiger partial charge in [0, 0.05) is 0 Å². The van der Waals surface area contributed by atoms with Crippen molar-refractivity contribution in [3.05, 3.63) is 0 Å². The first-order chi connectivity index (χ1) is 5.00. The number of carbonyl (C=O) groups excluding carboxylic acids is 1. The summed E-state index contributed by atoms with van der Waals surface area (Å²) in [6.45, 7) is 0.749. The zero-order chi connectivity index (χ0) is 8.65. The molecule has 0 amide bonds. The van der Waals surface area contributed by atoms with E-state index in [1.165, 1.54) is 6.92 Å². The lowest BCUT2D eigenvalue weighted by atomic mass is 9.96. The van der Waals surface area contributed by atoms with Gasteiger partial charge in [0.15, 0.2) is 12.2 Å². The number of ether oxygens (including phenoxy) is 1. The Morgan fingerprint density at radius 3 is 2.45 bits per heavy atom. The Kier molecular flexibility index (Phi) is 1.87. The molecule has 5 heteroatoms. The highest BCUT2D eigenvalue weighted by molar-refractivity contribution is 5.78. The van der Waals surface area contributed by atoms with Crippen LogP contribution in [-0.4, -0.2) is 45.7 Å². The number of carbonyl (C=O) groups is 1. The standard InChI is InChI=1S/C6H10O5/c1-6(10)3(2-7)11-5(9)4(6)8/h3-4,7-8,10H,2H2,1H3/t3-,4+,6+/m1/s1. The number of rotatable bonds is 1. The largest absolute Gasteiger partial charge is 0.455 e. The first-order valence-electron chi connectivity index (χ1n) is 3.22. The van der Waals surface area contributed by atoms with E-state index in [4.69, 9.17) is 10.2 Å². The molecule has 0 radical (unpaired) electrons. The van der Waals surface area contributed by atoms with Gasteiger partial charge in [0.1, 0.15) is 5.60 Å². The lowest BCUT2D eigenvalue weighted by molar-refractivity contribution is -0.148. The van der Waals surface area contributed by atoms with Gasteiger partial charge in [-0.2, -0.15) is 0 Å². The van der Waals surface area contributed by atoms with Gasteiger partial charge in [-0.1, -0.05) is 0 Å². The summed E-state index contributed by atoms with van der Waals surface area (Å²) in [5.74, 6) is -0.894. The fourth-order valence-electron chi connectivity index (χ4n) is 0.961. The van der Waals surface area contributed by atoms with E-state index in [0.717, 1.165) is 0 Å². The van der Waals surface area contributed by atoms with Crippen LogP contribution in [0.15, 0.2) is 0 Å². The average Bonchev–Trinajstić information content (AvgIpc) is 2.13. The maximum absolute atomic E-state index is 10.6. The summed E-state index contributed by atoms with van der Waals surface area (Å²) in [7, 11) is 0. The summed E-state index contributed by atoms with van der Waals surface area (Å²) in [6, 6.07) is 0. The van der Waals surface area contributed by atoms with Crippen LogP contribution in [0.4, 0.5) is 0 Å². The van der Waals surface area contributed by atoms with Gasteiger partial charge in [-0.25, -0.2) is 4.79 Å². The van der Waals surface area contributed by atoms with Crippen molar-refractivity contribution in [3.63, 3.8) is 0 Å². The molecule has 0 bridgehead atoms. The van der Waals surface area contributed by atoms with E-state index < -0.39 is 30.4 Å². The fourth-order valence-corrected chi connectivity index (χ4v) is 0.961. The average molecular weight is 162 g/mol. The Hall–Kier alpha value is -0.650. The van der Waals surface area contributed by atoms with Gasteiger partial charge in [-0.3, -0.25) is 0 Å². The minimum atomic E-state index is -1.67. The zero-order valence-electron chi connectivity index (χ0n) is 6.02. The molecule has 3 N–H and O–H groups in total. The third-order valence-electron chi connectivity index (χ3n) is 1.85. The van der Waals surface area contributed by atoms with Crippen molar-refractivity contribution < 1.29 is 24.9 Å². The molecule has 0 aromatic heterocycles. The number of hydrogen-bond acceptors (Lipinski definition) is 5. The number of aliphatic hydroxyl groups excluding tert-OH is 2. The van der Waals surface area contributed by atoms with Crippen molar-refractivity contribution in [2.45, 2.75) is 24.7 Å². The molecule has 0 spiro atoms. The topological polar surface area (TPSA) is 87.0 Å². The van der Waals surface area contributed by atoms with Crippen molar-refractivity contribution in [1.29, 1.82) is 0 Å². The minimum Gasteiger partial charge on any atom is -0.455 e. The van der Waals surface area contributed by atoms with Crippen molar-refractivity contribution >= 4 is 5.97 Å². The van der Waals surface area contributed by atoms with Gasteiger partial charge in [0.05, 0.1) is 6.61 Å². The summed E-state index contributed by atoms with van der Waals surface area (Å²) in [5, 5.41) is 26.9. The fraction of sp³-hybridized carbons (Fsp3) is 0.833. The van der Waals surface area contributed by atoms with Gasteiger partial charge in [-0.05, 0) is 6.92 Å². The first kappa shape index (κ1) is 8.45. The molecule has 1 heterocycles. The summed E-state index contributed by atoms with van der Waals surface area (Å²) >= 11 is 0. The first-order valence-corrected chi connectivity index (χ1v) is 3.22. The molecule has 1 rings (SSSR count). The molecule has 0 aromatic carbocycles. The quantitative estimate of drug-likeness (QED) is 0.389. The number of aliphatic hydroxyl groups is 3. The molecular weight excluding hydrogens is 152 g/mol. The van der Waals surface area contributed by atoms with Crippen LogP contribution in [0.5, 0.6) is 0 Å². The lowest BCUT2D eigenvalue weighted by Gasteiger charge is -2.22. The molecule has 0 unspecified atom stereocenters. The molecule has 0 aliphatic carbocycles. The van der Waals surface area contributed by atoms with Crippen LogP contribution in [0.2, 0.25) is 0 Å². The molecule has 1 saturated heterocycles. The third-order valence-corrected chi connectivity index (χ3v) is 1.85. The van der Waals surface area contributed by atoms with Crippen LogP contribution in [0.3, 0.4) is 0 Å². The number of hydrogen-bond donors (Lipinski definition) is 3. The van der Waals surface area contributed by atoms with Crippen molar-refractivity contribution in [2.24, 2.45) is 0 Å². The van der Waals surface area contributed by atoms with Gasteiger partial charge in [-0.15, -0.1) is 0 Å². The monoisotopic (exact) mass is 162 g/mol. The van der Waals surface area contributed by atoms with E-state index in [2.05, 4.69) is 4.74 Å². The summed E-state index contributed by atoms with van der Waals surface area (Å²) in [4.78, 5) is 10.6. The minimum absolute atomic E-state index is 0.490. The highest BCUT2D eigenvalue weighted by atomic mass is 16.6. The molecular formula is C6H10O5. The van der Waals surface area contributed by atoms with Gasteiger partial charge < -0.3 is 20.1 Å². The maximum Gasteiger partial charge on any atom is 0.338 e. The van der Waals surface area contributed by atoms with Crippen LogP contribution >= 0.6 is 0 Å². The summed E-state index contributed by atoms with van der Waals surface area (Å²) < 4.78 is 4.45. The molecule has 64 valence electrons. The summed E-state index contributed by atoms with van der Waals surface area (Å²) in [5.41, 5.74) is -1.67. The van der Waals surface area contributed by atoms with E-state index in [-0.39, 0.29) is 0 Å². The van der Waals surface area contributed by atoms with Crippen LogP contribution in [0.25, 0.3) is 0 Å². The molecule has 11 heavy (non-hydrogen) atoms. The lowest BCUT2D eigenvalue weighted by Crippen LogP contribution is -2.46. The van der Waals surface area contributed by atoms with Crippen LogP contribution in [0, 0.1) is 0 Å². The highest BCUT2D eigenvalue weighted by Crippen LogP contribution is 2.26. The Morgan fingerprint density at radius 1 is 1.73 bits per heavy atom. The molecule has 1 aliphatic rings. The number of cyclic esters (lactones) is 1. The third kappa shape index (κ3) is 1.11. The Bertz CT molecular complexity index is 176. The second kappa shape index (κ2) is 2.44. The Morgan fingerprint density at radius 2 is 2.27 bits per heavy atom. The van der Waals surface area contributed by atoms with E-state index in [9.17, 15) is 9.90 Å². The molecule has 1 aliphatic heterocycles. The van der Waals surface area contributed by atoms with E-state index in [1.54, 1.807) is 0 Å². The van der Waals surface area contributed by atoms with E-state index >= 15 is 0 Å². The smallest absolute Gasteiger partial charge is 0.338 e. The number of esters is 1. The molecule has 0 aromatic rings. The maximum atomic E-state index is 10.6. The van der Waals surface area contributed by atoms with Crippen LogP contribution < -0.4 is 0 Å². The van der Waals surface area contributed by atoms with Crippen LogP contribution in [0.1, 0.15) is 6.92 Å². The predicted octanol–water partition coefficient (Wildman–Crippen LogP) is -1.98.